The van der Waals surface area contributed by atoms with Crippen LogP contribution in [-0.4, -0.2) is 5.71 Å². The lowest BCUT2D eigenvalue weighted by molar-refractivity contribution is 0.709. The van der Waals surface area contributed by atoms with Gasteiger partial charge in [-0.05, 0) is 59.7 Å². The lowest BCUT2D eigenvalue weighted by Crippen LogP contribution is -2.18. The fourth-order valence-electron chi connectivity index (χ4n) is 3.10. The van der Waals surface area contributed by atoms with Crippen LogP contribution in [0.2, 0.25) is 5.02 Å². The molecular formula is C21H15Br2ClN2. The van der Waals surface area contributed by atoms with Crippen molar-refractivity contribution in [3.05, 3.63) is 97.9 Å². The van der Waals surface area contributed by atoms with Gasteiger partial charge in [-0.15, -0.1) is 0 Å². The first-order valence-corrected chi connectivity index (χ1v) is 10.2. The first-order valence-electron chi connectivity index (χ1n) is 8.24. The van der Waals surface area contributed by atoms with E-state index in [1.807, 2.05) is 24.3 Å². The first-order chi connectivity index (χ1) is 12.6. The maximum absolute atomic E-state index is 6.08. The minimum absolute atomic E-state index is 0.145. The van der Waals surface area contributed by atoms with E-state index in [0.717, 1.165) is 37.4 Å². The maximum Gasteiger partial charge on any atom is 0.0831 e. The fourth-order valence-corrected chi connectivity index (χ4v) is 3.76. The number of anilines is 1. The number of halogens is 3. The molecule has 130 valence electrons. The summed E-state index contributed by atoms with van der Waals surface area (Å²) in [6, 6.07) is 24.8. The van der Waals surface area contributed by atoms with E-state index in [1.165, 1.54) is 5.56 Å². The lowest BCUT2D eigenvalue weighted by Gasteiger charge is -2.24. The molecule has 1 aliphatic rings. The summed E-state index contributed by atoms with van der Waals surface area (Å²) in [7, 11) is 0. The monoisotopic (exact) mass is 488 g/mol. The smallest absolute Gasteiger partial charge is 0.0831 e. The highest BCUT2D eigenvalue weighted by Crippen LogP contribution is 2.37. The molecular weight excluding hydrogens is 476 g/mol. The van der Waals surface area contributed by atoms with Crippen LogP contribution >= 0.6 is 43.5 Å². The third-order valence-electron chi connectivity index (χ3n) is 4.43. The second-order valence-corrected chi connectivity index (χ2v) is 8.41. The molecule has 5 heteroatoms. The van der Waals surface area contributed by atoms with Crippen molar-refractivity contribution in [2.24, 2.45) is 5.10 Å². The van der Waals surface area contributed by atoms with Crippen LogP contribution in [0, 0.1) is 0 Å². The van der Waals surface area contributed by atoms with Crippen molar-refractivity contribution in [3.8, 4) is 0 Å². The number of hydrogen-bond donors (Lipinski definition) is 0. The second-order valence-electron chi connectivity index (χ2n) is 6.15. The predicted molar refractivity (Wildman–Crippen MR) is 116 cm³/mol. The Balaban J connectivity index is 1.74. The summed E-state index contributed by atoms with van der Waals surface area (Å²) in [4.78, 5) is 0. The molecule has 26 heavy (non-hydrogen) atoms. The Morgan fingerprint density at radius 2 is 1.38 bits per heavy atom. The maximum atomic E-state index is 6.08. The van der Waals surface area contributed by atoms with Gasteiger partial charge in [-0.3, -0.25) is 5.01 Å². The molecule has 0 spiro atoms. The molecule has 0 aromatic heterocycles. The minimum atomic E-state index is 0.145. The Labute approximate surface area is 174 Å². The van der Waals surface area contributed by atoms with Gasteiger partial charge in [0, 0.05) is 20.4 Å². The zero-order chi connectivity index (χ0) is 18.1. The molecule has 0 saturated heterocycles. The first kappa shape index (κ1) is 17.8. The summed E-state index contributed by atoms with van der Waals surface area (Å²) in [5.41, 5.74) is 4.50. The average molecular weight is 491 g/mol. The predicted octanol–water partition coefficient (Wildman–Crippen LogP) is 7.22. The van der Waals surface area contributed by atoms with Crippen LogP contribution in [0.15, 0.2) is 86.8 Å². The van der Waals surface area contributed by atoms with Crippen molar-refractivity contribution < 1.29 is 0 Å². The highest BCUT2D eigenvalue weighted by Gasteiger charge is 2.29. The van der Waals surface area contributed by atoms with E-state index < -0.39 is 0 Å². The fraction of sp³-hybridized carbons (Fsp3) is 0.0952. The van der Waals surface area contributed by atoms with E-state index in [9.17, 15) is 0 Å². The number of benzene rings is 3. The van der Waals surface area contributed by atoms with Crippen molar-refractivity contribution in [2.45, 2.75) is 12.5 Å². The standard InChI is InChI=1S/C21H15Br2ClN2/c22-16-5-1-14(2-6-16)20-13-21(15-3-9-18(24)10-4-15)26(25-20)19-11-7-17(23)8-12-19/h1-12,21H,13H2. The summed E-state index contributed by atoms with van der Waals surface area (Å²) in [6.45, 7) is 0. The molecule has 3 aromatic carbocycles. The van der Waals surface area contributed by atoms with Crippen molar-refractivity contribution >= 4 is 54.9 Å². The van der Waals surface area contributed by atoms with Gasteiger partial charge < -0.3 is 0 Å². The molecule has 0 radical (unpaired) electrons. The van der Waals surface area contributed by atoms with Crippen LogP contribution in [-0.2, 0) is 0 Å². The molecule has 1 heterocycles. The number of hydrazone groups is 1. The summed E-state index contributed by atoms with van der Waals surface area (Å²) in [6.07, 6.45) is 0.847. The van der Waals surface area contributed by atoms with E-state index in [1.54, 1.807) is 0 Å². The van der Waals surface area contributed by atoms with Crippen molar-refractivity contribution in [1.29, 1.82) is 0 Å². The van der Waals surface area contributed by atoms with E-state index in [0.29, 0.717) is 0 Å². The normalized spacial score (nSPS) is 16.7. The van der Waals surface area contributed by atoms with E-state index in [2.05, 4.69) is 85.4 Å². The zero-order valence-electron chi connectivity index (χ0n) is 13.7. The SMILES string of the molecule is Clc1ccc(C2CC(c3ccc(Br)cc3)=NN2c2ccc(Br)cc2)cc1. The van der Waals surface area contributed by atoms with Gasteiger partial charge in [0.05, 0.1) is 17.4 Å². The van der Waals surface area contributed by atoms with Crippen LogP contribution in [0.1, 0.15) is 23.6 Å². The van der Waals surface area contributed by atoms with Crippen LogP contribution in [0.3, 0.4) is 0 Å². The Bertz CT molecular complexity index is 935. The summed E-state index contributed by atoms with van der Waals surface area (Å²) >= 11 is 13.1. The van der Waals surface area contributed by atoms with E-state index in [-0.39, 0.29) is 6.04 Å². The highest BCUT2D eigenvalue weighted by molar-refractivity contribution is 9.10. The van der Waals surface area contributed by atoms with Crippen LogP contribution in [0.4, 0.5) is 5.69 Å². The number of nitrogens with zero attached hydrogens (tertiary/aromatic N) is 2. The summed E-state index contributed by atoms with van der Waals surface area (Å²) < 4.78 is 2.12. The highest BCUT2D eigenvalue weighted by atomic mass is 79.9. The molecule has 0 fully saturated rings. The Hall–Kier alpha value is -1.62. The molecule has 2 nitrogen and oxygen atoms in total. The molecule has 0 N–H and O–H groups in total. The molecule has 3 aromatic rings. The molecule has 1 atom stereocenters. The second kappa shape index (κ2) is 7.55. The largest absolute Gasteiger partial charge is 0.257 e. The lowest BCUT2D eigenvalue weighted by atomic mass is 9.98. The third-order valence-corrected chi connectivity index (χ3v) is 5.74. The van der Waals surface area contributed by atoms with Gasteiger partial charge >= 0.3 is 0 Å². The quantitative estimate of drug-likeness (QED) is 0.378. The van der Waals surface area contributed by atoms with Crippen LogP contribution in [0.5, 0.6) is 0 Å². The number of hydrogen-bond acceptors (Lipinski definition) is 2. The van der Waals surface area contributed by atoms with Gasteiger partial charge in [0.25, 0.3) is 0 Å². The van der Waals surface area contributed by atoms with Gasteiger partial charge in [-0.2, -0.15) is 5.10 Å². The Kier molecular flexibility index (Phi) is 5.16. The van der Waals surface area contributed by atoms with Crippen molar-refractivity contribution in [2.75, 3.05) is 5.01 Å². The van der Waals surface area contributed by atoms with Gasteiger partial charge in [-0.25, -0.2) is 0 Å². The van der Waals surface area contributed by atoms with Gasteiger partial charge in [0.15, 0.2) is 0 Å². The van der Waals surface area contributed by atoms with Gasteiger partial charge in [-0.1, -0.05) is 67.7 Å². The summed E-state index contributed by atoms with van der Waals surface area (Å²) in [5, 5.41) is 7.81. The molecule has 1 unspecified atom stereocenters. The molecule has 0 saturated carbocycles. The zero-order valence-corrected chi connectivity index (χ0v) is 17.7. The molecule has 4 rings (SSSR count). The molecule has 1 aliphatic heterocycles. The summed E-state index contributed by atoms with van der Waals surface area (Å²) in [5.74, 6) is 0. The topological polar surface area (TPSA) is 15.6 Å². The Morgan fingerprint density at radius 1 is 0.808 bits per heavy atom. The van der Waals surface area contributed by atoms with Gasteiger partial charge in [0.2, 0.25) is 0 Å². The van der Waals surface area contributed by atoms with Gasteiger partial charge in [0.1, 0.15) is 0 Å². The third kappa shape index (κ3) is 3.73. The Morgan fingerprint density at radius 3 is 2.00 bits per heavy atom. The minimum Gasteiger partial charge on any atom is -0.257 e. The average Bonchev–Trinajstić information content (AvgIpc) is 3.09. The van der Waals surface area contributed by atoms with Crippen LogP contribution in [0.25, 0.3) is 0 Å². The van der Waals surface area contributed by atoms with Crippen molar-refractivity contribution in [1.82, 2.24) is 0 Å². The molecule has 0 amide bonds. The van der Waals surface area contributed by atoms with Crippen LogP contribution < -0.4 is 5.01 Å². The van der Waals surface area contributed by atoms with E-state index >= 15 is 0 Å². The van der Waals surface area contributed by atoms with Crippen molar-refractivity contribution in [3.63, 3.8) is 0 Å². The molecule has 0 bridgehead atoms. The number of rotatable bonds is 3. The molecule has 0 aliphatic carbocycles. The van der Waals surface area contributed by atoms with E-state index in [4.69, 9.17) is 16.7 Å².